The van der Waals surface area contributed by atoms with Gasteiger partial charge in [0, 0.05) is 24.6 Å². The first-order valence-corrected chi connectivity index (χ1v) is 15.8. The number of nitrogens with one attached hydrogen (secondary N) is 3. The number of anilines is 1. The van der Waals surface area contributed by atoms with Crippen molar-refractivity contribution >= 4 is 28.8 Å². The van der Waals surface area contributed by atoms with Crippen molar-refractivity contribution in [3.63, 3.8) is 0 Å². The molecule has 0 radical (unpaired) electrons. The molecular weight excluding hydrogens is 540 g/mol. The van der Waals surface area contributed by atoms with Crippen molar-refractivity contribution in [3.8, 4) is 5.75 Å². The molecule has 9 nitrogen and oxygen atoms in total. The Hall–Kier alpha value is -2.98. The smallest absolute Gasteiger partial charge is 0.321 e. The van der Waals surface area contributed by atoms with Crippen molar-refractivity contribution < 1.29 is 23.6 Å². The Kier molecular flexibility index (Phi) is 16.9. The lowest BCUT2D eigenvalue weighted by Gasteiger charge is -2.36. The predicted octanol–water partition coefficient (Wildman–Crippen LogP) is 6.28. The van der Waals surface area contributed by atoms with Crippen LogP contribution in [0.25, 0.3) is 0 Å². The fourth-order valence-electron chi connectivity index (χ4n) is 4.21. The maximum Gasteiger partial charge on any atom is 0.321 e. The molecule has 2 aromatic rings. The van der Waals surface area contributed by atoms with Gasteiger partial charge in [0.2, 0.25) is 11.9 Å². The Balaban J connectivity index is 0.00000129. The van der Waals surface area contributed by atoms with E-state index >= 15 is 0 Å². The van der Waals surface area contributed by atoms with Crippen LogP contribution in [0.1, 0.15) is 85.6 Å². The molecule has 1 aliphatic rings. The molecule has 0 saturated heterocycles. The van der Waals surface area contributed by atoms with Gasteiger partial charge in [-0.1, -0.05) is 58.2 Å². The second kappa shape index (κ2) is 19.2. The summed E-state index contributed by atoms with van der Waals surface area (Å²) in [6.45, 7) is 16.3. The number of amides is 1. The maximum absolute atomic E-state index is 12.7. The van der Waals surface area contributed by atoms with Crippen molar-refractivity contribution in [2.75, 3.05) is 17.7 Å². The minimum atomic E-state index is -1.41. The molecule has 1 aromatic heterocycles. The molecular formula is C31H50N4O5S. The van der Waals surface area contributed by atoms with Crippen LogP contribution in [-0.2, 0) is 27.0 Å². The highest BCUT2D eigenvalue weighted by molar-refractivity contribution is 7.83. The average Bonchev–Trinajstić information content (AvgIpc) is 3.43. The normalized spacial score (nSPS) is 19.3. The summed E-state index contributed by atoms with van der Waals surface area (Å²) in [5.74, 6) is 1.07. The second-order valence-corrected chi connectivity index (χ2v) is 12.2. The Morgan fingerprint density at radius 3 is 2.37 bits per heavy atom. The number of allylic oxidation sites excluding steroid dienone is 1. The summed E-state index contributed by atoms with van der Waals surface area (Å²) in [4.78, 5) is 30.4. The molecule has 1 heterocycles. The van der Waals surface area contributed by atoms with E-state index in [0.29, 0.717) is 42.8 Å². The highest BCUT2D eigenvalue weighted by Gasteiger charge is 2.32. The van der Waals surface area contributed by atoms with Crippen molar-refractivity contribution in [1.82, 2.24) is 14.7 Å². The van der Waals surface area contributed by atoms with E-state index in [9.17, 15) is 18.9 Å². The Bertz CT molecular complexity index is 1060. The quantitative estimate of drug-likeness (QED) is 0.160. The third-order valence-electron chi connectivity index (χ3n) is 6.47. The molecule has 0 aliphatic heterocycles. The molecule has 3 rings (SSSR count). The lowest BCUT2D eigenvalue weighted by Crippen LogP contribution is -2.43. The lowest BCUT2D eigenvalue weighted by molar-refractivity contribution is -0.138. The molecule has 10 heteroatoms. The van der Waals surface area contributed by atoms with Gasteiger partial charge in [0.15, 0.2) is 0 Å². The van der Waals surface area contributed by atoms with Crippen LogP contribution in [0.3, 0.4) is 0 Å². The summed E-state index contributed by atoms with van der Waals surface area (Å²) in [6.07, 6.45) is 8.57. The van der Waals surface area contributed by atoms with Gasteiger partial charge in [0.05, 0.1) is 17.6 Å². The van der Waals surface area contributed by atoms with Gasteiger partial charge in [-0.15, -0.1) is 6.58 Å². The number of carboxylic acids is 1. The number of aromatic amines is 1. The molecule has 1 amide bonds. The van der Waals surface area contributed by atoms with Crippen molar-refractivity contribution in [1.29, 1.82) is 0 Å². The van der Waals surface area contributed by atoms with E-state index in [1.54, 1.807) is 24.5 Å². The summed E-state index contributed by atoms with van der Waals surface area (Å²) < 4.78 is 21.2. The van der Waals surface area contributed by atoms with Crippen LogP contribution < -0.4 is 14.8 Å². The van der Waals surface area contributed by atoms with Crippen LogP contribution in [-0.4, -0.2) is 49.6 Å². The van der Waals surface area contributed by atoms with Crippen LogP contribution in [0, 0.1) is 11.3 Å². The molecule has 0 spiro atoms. The van der Waals surface area contributed by atoms with E-state index in [2.05, 4.69) is 40.4 Å². The summed E-state index contributed by atoms with van der Waals surface area (Å²) in [6, 6.07) is 6.24. The van der Waals surface area contributed by atoms with Gasteiger partial charge >= 0.3 is 5.97 Å². The van der Waals surface area contributed by atoms with E-state index in [1.807, 2.05) is 39.8 Å². The first kappa shape index (κ1) is 36.0. The van der Waals surface area contributed by atoms with Crippen LogP contribution in [0.15, 0.2) is 48.8 Å². The number of carboxylic acid groups (broad SMARTS) is 1. The van der Waals surface area contributed by atoms with Gasteiger partial charge in [0.25, 0.3) is 0 Å². The number of H-pyrrole nitrogens is 1. The summed E-state index contributed by atoms with van der Waals surface area (Å²) in [7, 11) is -1.41. The number of hydrogen-bond acceptors (Lipinski definition) is 5. The molecule has 0 bridgehead atoms. The number of imidazole rings is 1. The highest BCUT2D eigenvalue weighted by Crippen LogP contribution is 2.38. The number of aromatic nitrogens is 2. The van der Waals surface area contributed by atoms with Crippen LogP contribution in [0.5, 0.6) is 5.75 Å². The first-order valence-electron chi connectivity index (χ1n) is 14.5. The molecule has 1 fully saturated rings. The standard InChI is InChI=1S/C25H36N4O5S.C4H8.C2H6/c1-18-9-11-25(2,12-10-18)17-35(33)29-21(23(31)32)16-19-5-7-20(8-6-19)34-15-3-4-22(30)28-24-26-13-14-27-24;1-4(2)3;1-2/h5-8,13-14,18,21,29H,3-4,9-12,15-17H2,1-2H3,(H,31,32)(H2,26,27,28,30);1H2,2-3H3;1-2H3/t18?,21-,25?,35?;;/m0../s1. The zero-order valence-electron chi connectivity index (χ0n) is 25.6. The minimum Gasteiger partial charge on any atom is -0.494 e. The fraction of sp³-hybridized carbons (Fsp3) is 0.581. The molecule has 1 unspecified atom stereocenters. The third-order valence-corrected chi connectivity index (χ3v) is 7.98. The van der Waals surface area contributed by atoms with Crippen molar-refractivity contribution in [2.24, 2.45) is 11.3 Å². The monoisotopic (exact) mass is 590 g/mol. The number of carbonyl (C=O) groups excluding carboxylic acids is 1. The first-order chi connectivity index (χ1) is 19.5. The number of ether oxygens (including phenoxy) is 1. The van der Waals surface area contributed by atoms with Crippen molar-refractivity contribution in [2.45, 2.75) is 92.5 Å². The Morgan fingerprint density at radius 2 is 1.83 bits per heavy atom. The lowest BCUT2D eigenvalue weighted by atomic mass is 9.73. The Labute approximate surface area is 248 Å². The van der Waals surface area contributed by atoms with Gasteiger partial charge < -0.3 is 14.8 Å². The maximum atomic E-state index is 12.7. The van der Waals surface area contributed by atoms with Gasteiger partial charge in [-0.3, -0.25) is 14.9 Å². The van der Waals surface area contributed by atoms with E-state index < -0.39 is 23.0 Å². The minimum absolute atomic E-state index is 0.00808. The van der Waals surface area contributed by atoms with Crippen molar-refractivity contribution in [3.05, 3.63) is 54.4 Å². The number of aliphatic carboxylic acids is 1. The van der Waals surface area contributed by atoms with Gasteiger partial charge in [-0.05, 0) is 68.6 Å². The number of nitrogens with zero attached hydrogens (tertiary/aromatic N) is 1. The van der Waals surface area contributed by atoms with E-state index in [1.165, 1.54) is 5.57 Å². The zero-order chi connectivity index (χ0) is 30.8. The van der Waals surface area contributed by atoms with Crippen LogP contribution in [0.2, 0.25) is 0 Å². The van der Waals surface area contributed by atoms with Gasteiger partial charge in [0.1, 0.15) is 11.8 Å². The van der Waals surface area contributed by atoms with E-state index in [-0.39, 0.29) is 17.7 Å². The van der Waals surface area contributed by atoms with Crippen LogP contribution in [0.4, 0.5) is 5.95 Å². The Morgan fingerprint density at radius 1 is 1.22 bits per heavy atom. The number of benzene rings is 1. The predicted molar refractivity (Wildman–Crippen MR) is 167 cm³/mol. The van der Waals surface area contributed by atoms with Crippen LogP contribution >= 0.6 is 0 Å². The van der Waals surface area contributed by atoms with Gasteiger partial charge in [-0.2, -0.15) is 0 Å². The fourth-order valence-corrected chi connectivity index (χ4v) is 5.71. The van der Waals surface area contributed by atoms with Gasteiger partial charge in [-0.25, -0.2) is 13.9 Å². The summed E-state index contributed by atoms with van der Waals surface area (Å²) in [5.41, 5.74) is 1.97. The van der Waals surface area contributed by atoms with E-state index in [4.69, 9.17) is 4.74 Å². The zero-order valence-corrected chi connectivity index (χ0v) is 26.4. The molecule has 1 aromatic carbocycles. The SMILES string of the molecule is C=C(C)C.CC.CC1CCC(C)(CS(=O)N[C@@H](Cc2ccc(OCCCC(=O)Nc3ncc[nH]3)cc2)C(=O)O)CC1. The summed E-state index contributed by atoms with van der Waals surface area (Å²) in [5, 5.41) is 12.3. The van der Waals surface area contributed by atoms with E-state index in [0.717, 1.165) is 31.2 Å². The average molecular weight is 591 g/mol. The topological polar surface area (TPSA) is 133 Å². The number of hydrogen-bond donors (Lipinski definition) is 4. The molecule has 4 N–H and O–H groups in total. The number of carbonyl (C=O) groups is 2. The highest BCUT2D eigenvalue weighted by atomic mass is 32.2. The molecule has 1 saturated carbocycles. The largest absolute Gasteiger partial charge is 0.494 e. The summed E-state index contributed by atoms with van der Waals surface area (Å²) >= 11 is 0. The number of rotatable bonds is 13. The third kappa shape index (κ3) is 15.6. The molecule has 1 aliphatic carbocycles. The second-order valence-electron chi connectivity index (χ2n) is 11.0. The molecule has 230 valence electrons. The molecule has 41 heavy (non-hydrogen) atoms. The molecule has 2 atom stereocenters.